The number of nitrogens with zero attached hydrogens (tertiary/aromatic N) is 3. The van der Waals surface area contributed by atoms with E-state index >= 15 is 0 Å². The minimum absolute atomic E-state index is 0.299. The molecule has 1 unspecified atom stereocenters. The van der Waals surface area contributed by atoms with Crippen LogP contribution in [0.2, 0.25) is 0 Å². The van der Waals surface area contributed by atoms with Crippen molar-refractivity contribution in [2.75, 3.05) is 14.1 Å². The second-order valence-electron chi connectivity index (χ2n) is 6.05. The number of nitrogens with one attached hydrogen (secondary N) is 1. The molecular weight excluding hydrogens is 323 g/mol. The van der Waals surface area contributed by atoms with E-state index in [2.05, 4.69) is 9.98 Å². The fourth-order valence-corrected chi connectivity index (χ4v) is 3.02. The quantitative estimate of drug-likeness (QED) is 0.878. The number of rotatable bonds is 3. The predicted molar refractivity (Wildman–Crippen MR) is 91.3 cm³/mol. The van der Waals surface area contributed by atoms with Crippen molar-refractivity contribution in [2.24, 2.45) is 10.9 Å². The Balaban J connectivity index is 1.98. The van der Waals surface area contributed by atoms with E-state index in [0.29, 0.717) is 24.5 Å². The number of carbonyl (C=O) groups excluding carboxylic acids is 2. The van der Waals surface area contributed by atoms with Crippen molar-refractivity contribution in [1.29, 1.82) is 0 Å². The third-order valence-electron chi connectivity index (χ3n) is 4.51. The molecule has 0 saturated carbocycles. The number of imide groups is 1. The summed E-state index contributed by atoms with van der Waals surface area (Å²) in [6.07, 6.45) is 2.49. The molecule has 7 heteroatoms. The summed E-state index contributed by atoms with van der Waals surface area (Å²) in [5.74, 6) is -0.717. The van der Waals surface area contributed by atoms with Crippen LogP contribution in [0.15, 0.2) is 41.0 Å². The van der Waals surface area contributed by atoms with Crippen molar-refractivity contribution in [3.05, 3.63) is 47.4 Å². The number of carbonyl (C=O) groups is 2. The third kappa shape index (κ3) is 2.97. The average molecular weight is 343 g/mol. The Kier molecular flexibility index (Phi) is 4.48. The molecule has 1 fully saturated rings. The third-order valence-corrected chi connectivity index (χ3v) is 4.51. The van der Waals surface area contributed by atoms with E-state index in [9.17, 15) is 14.0 Å². The molecule has 1 N–H and O–H groups in total. The molecule has 130 valence electrons. The van der Waals surface area contributed by atoms with Gasteiger partial charge in [-0.25, -0.2) is 19.1 Å². The van der Waals surface area contributed by atoms with E-state index < -0.39 is 5.92 Å². The number of hydrogen-bond donors (Lipinski definition) is 1. The summed E-state index contributed by atoms with van der Waals surface area (Å²) >= 11 is 0. The van der Waals surface area contributed by atoms with Crippen molar-refractivity contribution in [2.45, 2.75) is 19.9 Å². The summed E-state index contributed by atoms with van der Waals surface area (Å²) in [5, 5.41) is 0. The van der Waals surface area contributed by atoms with Crippen molar-refractivity contribution in [3.8, 4) is 0 Å². The van der Waals surface area contributed by atoms with Crippen LogP contribution in [0.4, 0.5) is 9.18 Å². The van der Waals surface area contributed by atoms with Gasteiger partial charge in [0, 0.05) is 12.6 Å². The minimum Gasteiger partial charge on any atom is -0.283 e. The number of fused-ring (bicyclic) bond motifs is 1. The standard InChI is InChI=1S/C18H19FN4O2/c1-4-12-10-21-16-14(17(24)23(3)18(25)22(16)2)15(12)20-9-11-5-7-13(19)8-6-11/h5-8,10,14H,4,9H2,1-3H3/p+1. The highest BCUT2D eigenvalue weighted by Gasteiger charge is 2.50. The molecule has 0 bridgehead atoms. The average Bonchev–Trinajstić information content (AvgIpc) is 2.63. The first-order valence-electron chi connectivity index (χ1n) is 8.10. The highest BCUT2D eigenvalue weighted by atomic mass is 19.1. The second kappa shape index (κ2) is 6.58. The van der Waals surface area contributed by atoms with Crippen LogP contribution in [-0.4, -0.2) is 47.4 Å². The minimum atomic E-state index is -0.631. The Bertz CT molecular complexity index is 811. The SMILES string of the molecule is CCC1=C[NH+]=C2C(C(=O)N(C)C(=O)N2C)C1=NCc1ccc(F)cc1. The van der Waals surface area contributed by atoms with E-state index in [0.717, 1.165) is 16.0 Å². The smallest absolute Gasteiger partial charge is 0.283 e. The molecule has 1 aromatic carbocycles. The zero-order valence-corrected chi connectivity index (χ0v) is 14.4. The Morgan fingerprint density at radius 1 is 1.16 bits per heavy atom. The zero-order chi connectivity index (χ0) is 18.1. The van der Waals surface area contributed by atoms with Gasteiger partial charge >= 0.3 is 6.03 Å². The van der Waals surface area contributed by atoms with Gasteiger partial charge in [0.2, 0.25) is 0 Å². The lowest BCUT2D eigenvalue weighted by atomic mass is 9.89. The predicted octanol–water partition coefficient (Wildman–Crippen LogP) is 0.693. The first-order chi connectivity index (χ1) is 11.9. The monoisotopic (exact) mass is 343 g/mol. The number of amidine groups is 1. The number of allylic oxidation sites excluding steroid dienone is 1. The Morgan fingerprint density at radius 3 is 2.48 bits per heavy atom. The van der Waals surface area contributed by atoms with Gasteiger partial charge in [-0.3, -0.25) is 9.79 Å². The summed E-state index contributed by atoms with van der Waals surface area (Å²) in [6.45, 7) is 2.32. The molecule has 1 atom stereocenters. The Hall–Kier alpha value is -2.83. The Morgan fingerprint density at radius 2 is 1.84 bits per heavy atom. The maximum absolute atomic E-state index is 13.0. The van der Waals surface area contributed by atoms with Crippen molar-refractivity contribution in [3.63, 3.8) is 0 Å². The molecule has 2 aliphatic heterocycles. The van der Waals surface area contributed by atoms with Crippen LogP contribution in [0.5, 0.6) is 0 Å². The van der Waals surface area contributed by atoms with Crippen LogP contribution < -0.4 is 4.99 Å². The number of aliphatic imine (C=N–C) groups is 1. The number of urea groups is 1. The van der Waals surface area contributed by atoms with Crippen molar-refractivity contribution >= 4 is 23.5 Å². The van der Waals surface area contributed by atoms with Gasteiger partial charge in [-0.15, -0.1) is 0 Å². The molecule has 25 heavy (non-hydrogen) atoms. The summed E-state index contributed by atoms with van der Waals surface area (Å²) in [5.41, 5.74) is 2.42. The summed E-state index contributed by atoms with van der Waals surface area (Å²) < 4.78 is 13.0. The van der Waals surface area contributed by atoms with E-state index in [1.54, 1.807) is 25.4 Å². The summed E-state index contributed by atoms with van der Waals surface area (Å²) in [4.78, 5) is 35.1. The van der Waals surface area contributed by atoms with Gasteiger partial charge in [-0.1, -0.05) is 19.1 Å². The molecule has 3 amide bonds. The van der Waals surface area contributed by atoms with Gasteiger partial charge in [-0.2, -0.15) is 4.90 Å². The molecule has 2 aliphatic rings. The number of benzene rings is 1. The maximum atomic E-state index is 13.0. The van der Waals surface area contributed by atoms with Crippen LogP contribution in [0.1, 0.15) is 18.9 Å². The summed E-state index contributed by atoms with van der Waals surface area (Å²) in [6, 6.07) is 5.74. The van der Waals surface area contributed by atoms with Crippen LogP contribution in [0.25, 0.3) is 0 Å². The molecule has 0 spiro atoms. The van der Waals surface area contributed by atoms with E-state index in [4.69, 9.17) is 0 Å². The number of hydrogen-bond acceptors (Lipinski definition) is 3. The van der Waals surface area contributed by atoms with Gasteiger partial charge in [-0.05, 0) is 24.1 Å². The highest BCUT2D eigenvalue weighted by molar-refractivity contribution is 6.31. The van der Waals surface area contributed by atoms with Gasteiger partial charge in [0.1, 0.15) is 5.82 Å². The normalized spacial score (nSPS) is 22.1. The fourth-order valence-electron chi connectivity index (χ4n) is 3.02. The van der Waals surface area contributed by atoms with E-state index in [1.165, 1.54) is 24.1 Å². The van der Waals surface area contributed by atoms with Gasteiger partial charge in [0.25, 0.3) is 11.7 Å². The Labute approximate surface area is 145 Å². The van der Waals surface area contributed by atoms with Gasteiger partial charge < -0.3 is 0 Å². The lowest BCUT2D eigenvalue weighted by molar-refractivity contribution is -0.383. The number of amides is 3. The van der Waals surface area contributed by atoms with Crippen molar-refractivity contribution in [1.82, 2.24) is 9.80 Å². The fraction of sp³-hybridized carbons (Fsp3) is 0.333. The lowest BCUT2D eigenvalue weighted by Gasteiger charge is -2.32. The second-order valence-corrected chi connectivity index (χ2v) is 6.05. The first kappa shape index (κ1) is 17.0. The van der Waals surface area contributed by atoms with Crippen LogP contribution in [0, 0.1) is 11.7 Å². The summed E-state index contributed by atoms with van der Waals surface area (Å²) in [7, 11) is 3.10. The van der Waals surface area contributed by atoms with Gasteiger partial charge in [0.15, 0.2) is 5.92 Å². The van der Waals surface area contributed by atoms with E-state index in [1.807, 2.05) is 6.92 Å². The molecule has 1 aromatic rings. The molecular formula is C18H20FN4O2+. The van der Waals surface area contributed by atoms with Crippen LogP contribution in [0.3, 0.4) is 0 Å². The molecule has 2 heterocycles. The highest BCUT2D eigenvalue weighted by Crippen LogP contribution is 2.23. The van der Waals surface area contributed by atoms with Crippen LogP contribution >= 0.6 is 0 Å². The van der Waals surface area contributed by atoms with Gasteiger partial charge in [0.05, 0.1) is 25.5 Å². The molecule has 0 aromatic heterocycles. The zero-order valence-electron chi connectivity index (χ0n) is 14.4. The maximum Gasteiger partial charge on any atom is 0.417 e. The molecule has 0 aliphatic carbocycles. The molecule has 6 nitrogen and oxygen atoms in total. The van der Waals surface area contributed by atoms with Crippen LogP contribution in [-0.2, 0) is 11.3 Å². The number of halogens is 1. The molecule has 0 radical (unpaired) electrons. The first-order valence-corrected chi connectivity index (χ1v) is 8.10. The molecule has 1 saturated heterocycles. The lowest BCUT2D eigenvalue weighted by Crippen LogP contribution is -2.80. The van der Waals surface area contributed by atoms with Crippen molar-refractivity contribution < 1.29 is 19.0 Å². The largest absolute Gasteiger partial charge is 0.417 e. The topological polar surface area (TPSA) is 67.0 Å². The molecule has 3 rings (SSSR count). The van der Waals surface area contributed by atoms with E-state index in [-0.39, 0.29) is 17.8 Å².